The molecule has 2 N–H and O–H groups in total. The van der Waals surface area contributed by atoms with Crippen LogP contribution in [0.5, 0.6) is 0 Å². The Hall–Kier alpha value is -1.79. The molecule has 1 aliphatic rings. The van der Waals surface area contributed by atoms with Crippen LogP contribution >= 0.6 is 23.2 Å². The van der Waals surface area contributed by atoms with Gasteiger partial charge < -0.3 is 15.5 Å². The second kappa shape index (κ2) is 8.17. The molecule has 0 aliphatic carbocycles. The number of benzene rings is 1. The van der Waals surface area contributed by atoms with Crippen molar-refractivity contribution in [2.75, 3.05) is 26.2 Å². The van der Waals surface area contributed by atoms with Crippen LogP contribution in [0.2, 0.25) is 10.0 Å². The fraction of sp³-hybridized carbons (Fsp3) is 0.400. The normalized spacial score (nSPS) is 13.7. The summed E-state index contributed by atoms with van der Waals surface area (Å²) in [5.74, 6) is -1.02. The molecule has 0 saturated carbocycles. The zero-order valence-electron chi connectivity index (χ0n) is 12.4. The van der Waals surface area contributed by atoms with Gasteiger partial charge in [-0.3, -0.25) is 14.4 Å². The van der Waals surface area contributed by atoms with Crippen LogP contribution in [0.1, 0.15) is 23.2 Å². The van der Waals surface area contributed by atoms with E-state index < -0.39 is 11.8 Å². The molecule has 0 unspecified atom stereocenters. The minimum Gasteiger partial charge on any atom is -0.345 e. The summed E-state index contributed by atoms with van der Waals surface area (Å²) in [7, 11) is 0. The van der Waals surface area contributed by atoms with Crippen molar-refractivity contribution in [3.63, 3.8) is 0 Å². The molecule has 1 heterocycles. The third kappa shape index (κ3) is 5.11. The van der Waals surface area contributed by atoms with Crippen LogP contribution in [0, 0.1) is 0 Å². The van der Waals surface area contributed by atoms with Gasteiger partial charge in [-0.1, -0.05) is 23.2 Å². The predicted molar refractivity (Wildman–Crippen MR) is 87.6 cm³/mol. The van der Waals surface area contributed by atoms with Crippen LogP contribution in [-0.2, 0) is 9.59 Å². The quantitative estimate of drug-likeness (QED) is 0.837. The Labute approximate surface area is 144 Å². The smallest absolute Gasteiger partial charge is 0.253 e. The summed E-state index contributed by atoms with van der Waals surface area (Å²) < 4.78 is 0. The highest BCUT2D eigenvalue weighted by atomic mass is 35.5. The summed E-state index contributed by atoms with van der Waals surface area (Å²) in [6, 6.07) is 4.47. The van der Waals surface area contributed by atoms with Gasteiger partial charge in [0, 0.05) is 18.1 Å². The maximum absolute atomic E-state index is 11.9. The summed E-state index contributed by atoms with van der Waals surface area (Å²) >= 11 is 11.7. The lowest BCUT2D eigenvalue weighted by Crippen LogP contribution is -2.42. The van der Waals surface area contributed by atoms with Crippen molar-refractivity contribution in [2.45, 2.75) is 12.8 Å². The average molecular weight is 358 g/mol. The molecule has 0 radical (unpaired) electrons. The highest BCUT2D eigenvalue weighted by Gasteiger charge is 2.18. The number of nitrogens with zero attached hydrogens (tertiary/aromatic N) is 1. The van der Waals surface area contributed by atoms with E-state index in [-0.39, 0.29) is 29.6 Å². The number of rotatable bonds is 5. The highest BCUT2D eigenvalue weighted by Crippen LogP contribution is 2.20. The van der Waals surface area contributed by atoms with Gasteiger partial charge in [-0.15, -0.1) is 0 Å². The second-order valence-corrected chi connectivity index (χ2v) is 6.02. The Balaban J connectivity index is 1.75. The zero-order chi connectivity index (χ0) is 16.8. The van der Waals surface area contributed by atoms with Crippen LogP contribution in [0.3, 0.4) is 0 Å². The largest absolute Gasteiger partial charge is 0.345 e. The van der Waals surface area contributed by atoms with Gasteiger partial charge in [0.15, 0.2) is 0 Å². The van der Waals surface area contributed by atoms with E-state index in [2.05, 4.69) is 10.6 Å². The topological polar surface area (TPSA) is 78.5 Å². The van der Waals surface area contributed by atoms with E-state index in [1.54, 1.807) is 4.90 Å². The second-order valence-electron chi connectivity index (χ2n) is 5.17. The molecule has 6 nitrogen and oxygen atoms in total. The average Bonchev–Trinajstić information content (AvgIpc) is 3.04. The Bertz CT molecular complexity index is 616. The van der Waals surface area contributed by atoms with Crippen molar-refractivity contribution in [3.8, 4) is 0 Å². The number of carbonyl (C=O) groups excluding carboxylic acids is 3. The van der Waals surface area contributed by atoms with E-state index in [4.69, 9.17) is 23.2 Å². The first-order valence-electron chi connectivity index (χ1n) is 7.25. The molecule has 8 heteroatoms. The van der Waals surface area contributed by atoms with E-state index in [0.29, 0.717) is 5.02 Å². The number of hydrogen-bond donors (Lipinski definition) is 2. The summed E-state index contributed by atoms with van der Waals surface area (Å²) in [5.41, 5.74) is 0.233. The molecule has 1 saturated heterocycles. The van der Waals surface area contributed by atoms with Gasteiger partial charge in [0.25, 0.3) is 5.91 Å². The molecule has 23 heavy (non-hydrogen) atoms. The molecule has 1 aromatic rings. The molecular weight excluding hydrogens is 341 g/mol. The van der Waals surface area contributed by atoms with E-state index >= 15 is 0 Å². The first-order chi connectivity index (χ1) is 11.0. The van der Waals surface area contributed by atoms with Gasteiger partial charge in [0.2, 0.25) is 11.8 Å². The number of hydrogen-bond acceptors (Lipinski definition) is 3. The van der Waals surface area contributed by atoms with Crippen molar-refractivity contribution in [1.29, 1.82) is 0 Å². The van der Waals surface area contributed by atoms with Crippen molar-refractivity contribution in [2.24, 2.45) is 0 Å². The Morgan fingerprint density at radius 2 is 1.74 bits per heavy atom. The fourth-order valence-corrected chi connectivity index (χ4v) is 2.74. The molecule has 0 aromatic heterocycles. The van der Waals surface area contributed by atoms with Crippen molar-refractivity contribution in [3.05, 3.63) is 33.8 Å². The standard InChI is InChI=1S/C15H17Cl2N3O3/c16-10-3-4-11(12(17)7-10)15(23)19-8-13(21)18-9-14(22)20-5-1-2-6-20/h3-4,7H,1-2,5-6,8-9H2,(H,18,21)(H,19,23). The van der Waals surface area contributed by atoms with Gasteiger partial charge in [0.05, 0.1) is 23.7 Å². The summed E-state index contributed by atoms with van der Waals surface area (Å²) in [5, 5.41) is 5.57. The number of carbonyl (C=O) groups is 3. The number of likely N-dealkylation sites (tertiary alicyclic amines) is 1. The lowest BCUT2D eigenvalue weighted by Gasteiger charge is -2.15. The third-order valence-corrected chi connectivity index (χ3v) is 4.03. The lowest BCUT2D eigenvalue weighted by molar-refractivity contribution is -0.131. The van der Waals surface area contributed by atoms with Crippen LogP contribution in [0.15, 0.2) is 18.2 Å². The number of halogens is 2. The summed E-state index contributed by atoms with van der Waals surface area (Å²) in [4.78, 5) is 37.1. The molecule has 0 atom stereocenters. The van der Waals surface area contributed by atoms with Crippen molar-refractivity contribution in [1.82, 2.24) is 15.5 Å². The zero-order valence-corrected chi connectivity index (χ0v) is 13.9. The minimum atomic E-state index is -0.479. The summed E-state index contributed by atoms with van der Waals surface area (Å²) in [6.07, 6.45) is 2.00. The molecule has 2 rings (SSSR count). The molecule has 1 aromatic carbocycles. The van der Waals surface area contributed by atoms with E-state index in [1.807, 2.05) is 0 Å². The molecule has 1 aliphatic heterocycles. The molecule has 0 bridgehead atoms. The van der Waals surface area contributed by atoms with Gasteiger partial charge in [-0.2, -0.15) is 0 Å². The number of amides is 3. The predicted octanol–water partition coefficient (Wildman–Crippen LogP) is 1.46. The van der Waals surface area contributed by atoms with E-state index in [9.17, 15) is 14.4 Å². The Morgan fingerprint density at radius 1 is 1.04 bits per heavy atom. The minimum absolute atomic E-state index is 0.0591. The molecular formula is C15H17Cl2N3O3. The van der Waals surface area contributed by atoms with Gasteiger partial charge in [-0.25, -0.2) is 0 Å². The van der Waals surface area contributed by atoms with Gasteiger partial charge in [0.1, 0.15) is 0 Å². The van der Waals surface area contributed by atoms with E-state index in [0.717, 1.165) is 25.9 Å². The third-order valence-electron chi connectivity index (χ3n) is 3.48. The van der Waals surface area contributed by atoms with Crippen molar-refractivity contribution < 1.29 is 14.4 Å². The highest BCUT2D eigenvalue weighted by molar-refractivity contribution is 6.36. The lowest BCUT2D eigenvalue weighted by atomic mass is 10.2. The molecule has 3 amide bonds. The Morgan fingerprint density at radius 3 is 2.39 bits per heavy atom. The fourth-order valence-electron chi connectivity index (χ4n) is 2.24. The van der Waals surface area contributed by atoms with Crippen molar-refractivity contribution >= 4 is 40.9 Å². The SMILES string of the molecule is O=C(CNC(=O)c1ccc(Cl)cc1Cl)NCC(=O)N1CCCC1. The van der Waals surface area contributed by atoms with Crippen LogP contribution in [0.25, 0.3) is 0 Å². The van der Waals surface area contributed by atoms with Crippen LogP contribution in [0.4, 0.5) is 0 Å². The van der Waals surface area contributed by atoms with Gasteiger partial charge in [-0.05, 0) is 31.0 Å². The first kappa shape index (κ1) is 17.6. The molecule has 0 spiro atoms. The molecule has 124 valence electrons. The molecule has 1 fully saturated rings. The van der Waals surface area contributed by atoms with Crippen LogP contribution < -0.4 is 10.6 Å². The monoisotopic (exact) mass is 357 g/mol. The van der Waals surface area contributed by atoms with Gasteiger partial charge >= 0.3 is 0 Å². The number of nitrogens with one attached hydrogen (secondary N) is 2. The van der Waals surface area contributed by atoms with Crippen LogP contribution in [-0.4, -0.2) is 48.8 Å². The maximum Gasteiger partial charge on any atom is 0.253 e. The summed E-state index contributed by atoms with van der Waals surface area (Å²) in [6.45, 7) is 1.18. The van der Waals surface area contributed by atoms with E-state index in [1.165, 1.54) is 18.2 Å². The maximum atomic E-state index is 11.9. The first-order valence-corrected chi connectivity index (χ1v) is 8.00. The Kier molecular flexibility index (Phi) is 6.24.